The van der Waals surface area contributed by atoms with Crippen LogP contribution in [-0.4, -0.2) is 21.9 Å². The summed E-state index contributed by atoms with van der Waals surface area (Å²) in [7, 11) is 0. The van der Waals surface area contributed by atoms with Crippen LogP contribution in [0.1, 0.15) is 16.1 Å². The number of hydrogen-bond donors (Lipinski definition) is 3. The molecule has 0 aliphatic rings. The summed E-state index contributed by atoms with van der Waals surface area (Å²) in [5, 5.41) is 18.9. The van der Waals surface area contributed by atoms with E-state index in [1.165, 1.54) is 11.3 Å². The summed E-state index contributed by atoms with van der Waals surface area (Å²) in [4.78, 5) is 29.0. The molecule has 3 N–H and O–H groups in total. The summed E-state index contributed by atoms with van der Waals surface area (Å²) in [6.45, 7) is 0. The van der Waals surface area contributed by atoms with E-state index in [-0.39, 0.29) is 29.7 Å². The van der Waals surface area contributed by atoms with E-state index in [0.717, 1.165) is 10.9 Å². The van der Waals surface area contributed by atoms with Crippen LogP contribution in [0.25, 0.3) is 10.8 Å². The molecule has 0 saturated carbocycles. The molecule has 0 aliphatic heterocycles. The summed E-state index contributed by atoms with van der Waals surface area (Å²) in [6, 6.07) is 19.8. The predicted octanol–water partition coefficient (Wildman–Crippen LogP) is 4.44. The highest BCUT2D eigenvalue weighted by atomic mass is 32.1. The first-order valence-corrected chi connectivity index (χ1v) is 9.79. The first-order chi connectivity index (χ1) is 14.1. The number of phenolic OH excluding ortho intramolecular Hbond substituents is 1. The van der Waals surface area contributed by atoms with Crippen LogP contribution in [0.2, 0.25) is 0 Å². The summed E-state index contributed by atoms with van der Waals surface area (Å²) < 4.78 is 0. The smallest absolute Gasteiger partial charge is 0.275 e. The Kier molecular flexibility index (Phi) is 5.22. The molecule has 4 aromatic rings. The third-order valence-corrected chi connectivity index (χ3v) is 5.10. The summed E-state index contributed by atoms with van der Waals surface area (Å²) in [6.07, 6.45) is 0.238. The van der Waals surface area contributed by atoms with Crippen molar-refractivity contribution in [2.75, 3.05) is 10.6 Å². The van der Waals surface area contributed by atoms with Crippen LogP contribution in [0.4, 0.5) is 10.8 Å². The number of anilines is 2. The largest absolute Gasteiger partial charge is 0.507 e. The molecule has 0 saturated heterocycles. The second kappa shape index (κ2) is 8.12. The molecule has 0 unspecified atom stereocenters. The lowest BCUT2D eigenvalue weighted by molar-refractivity contribution is -0.115. The number of phenols is 1. The van der Waals surface area contributed by atoms with Crippen molar-refractivity contribution in [3.8, 4) is 5.75 Å². The Morgan fingerprint density at radius 1 is 0.897 bits per heavy atom. The Morgan fingerprint density at radius 2 is 1.66 bits per heavy atom. The highest BCUT2D eigenvalue weighted by Crippen LogP contribution is 2.30. The lowest BCUT2D eigenvalue weighted by Crippen LogP contribution is -2.15. The molecule has 1 heterocycles. The molecule has 2 amide bonds. The Bertz CT molecular complexity index is 1190. The van der Waals surface area contributed by atoms with Crippen LogP contribution in [0.3, 0.4) is 0 Å². The first kappa shape index (κ1) is 18.6. The van der Waals surface area contributed by atoms with E-state index in [1.54, 1.807) is 35.7 Å². The second-order valence-electron chi connectivity index (χ2n) is 6.38. The van der Waals surface area contributed by atoms with Crippen molar-refractivity contribution in [2.24, 2.45) is 0 Å². The third kappa shape index (κ3) is 4.25. The van der Waals surface area contributed by atoms with Gasteiger partial charge in [-0.3, -0.25) is 9.59 Å². The van der Waals surface area contributed by atoms with Gasteiger partial charge in [-0.25, -0.2) is 4.98 Å². The molecule has 7 heteroatoms. The van der Waals surface area contributed by atoms with Gasteiger partial charge in [0.2, 0.25) is 5.91 Å². The zero-order valence-corrected chi connectivity index (χ0v) is 16.1. The van der Waals surface area contributed by atoms with Crippen molar-refractivity contribution in [1.82, 2.24) is 4.98 Å². The average Bonchev–Trinajstić information content (AvgIpc) is 3.18. The summed E-state index contributed by atoms with van der Waals surface area (Å²) >= 11 is 1.19. The monoisotopic (exact) mass is 403 g/mol. The fourth-order valence-electron chi connectivity index (χ4n) is 2.97. The molecule has 0 fully saturated rings. The number of thiazole rings is 1. The Morgan fingerprint density at radius 3 is 2.48 bits per heavy atom. The quantitative estimate of drug-likeness (QED) is 0.460. The van der Waals surface area contributed by atoms with Gasteiger partial charge >= 0.3 is 0 Å². The molecule has 0 radical (unpaired) electrons. The van der Waals surface area contributed by atoms with Crippen LogP contribution in [0, 0.1) is 0 Å². The standard InChI is InChI=1S/C22H17N3O3S/c26-19-11-5-8-15-16(19)9-4-10-17(15)23-21(28)18-13-29-22(24-18)25-20(27)12-14-6-2-1-3-7-14/h1-11,13,26H,12H2,(H,23,28)(H,24,25,27). The zero-order valence-electron chi connectivity index (χ0n) is 15.3. The number of hydrogen-bond acceptors (Lipinski definition) is 5. The lowest BCUT2D eigenvalue weighted by atomic mass is 10.1. The van der Waals surface area contributed by atoms with E-state index in [1.807, 2.05) is 36.4 Å². The normalized spacial score (nSPS) is 10.6. The topological polar surface area (TPSA) is 91.3 Å². The maximum Gasteiger partial charge on any atom is 0.275 e. The van der Waals surface area contributed by atoms with E-state index in [0.29, 0.717) is 16.2 Å². The molecule has 1 aromatic heterocycles. The maximum atomic E-state index is 12.6. The highest BCUT2D eigenvalue weighted by molar-refractivity contribution is 7.14. The van der Waals surface area contributed by atoms with Crippen LogP contribution in [0.5, 0.6) is 5.75 Å². The number of aromatic hydroxyl groups is 1. The molecule has 0 atom stereocenters. The fraction of sp³-hybridized carbons (Fsp3) is 0.0455. The van der Waals surface area contributed by atoms with Gasteiger partial charge in [-0.2, -0.15) is 0 Å². The Labute approximate surface area is 170 Å². The van der Waals surface area contributed by atoms with Gasteiger partial charge in [0.05, 0.1) is 6.42 Å². The minimum absolute atomic E-state index is 0.149. The minimum atomic E-state index is -0.388. The highest BCUT2D eigenvalue weighted by Gasteiger charge is 2.14. The van der Waals surface area contributed by atoms with Crippen molar-refractivity contribution in [2.45, 2.75) is 6.42 Å². The number of rotatable bonds is 5. The number of carbonyl (C=O) groups is 2. The number of fused-ring (bicyclic) bond motifs is 1. The number of carbonyl (C=O) groups excluding carboxylic acids is 2. The molecule has 0 bridgehead atoms. The summed E-state index contributed by atoms with van der Waals surface area (Å²) in [5.41, 5.74) is 1.69. The number of nitrogens with one attached hydrogen (secondary N) is 2. The van der Waals surface area contributed by atoms with Gasteiger partial charge in [-0.1, -0.05) is 54.6 Å². The minimum Gasteiger partial charge on any atom is -0.507 e. The molecule has 0 spiro atoms. The van der Waals surface area contributed by atoms with Crippen LogP contribution >= 0.6 is 11.3 Å². The van der Waals surface area contributed by atoms with Crippen LogP contribution in [0.15, 0.2) is 72.1 Å². The Balaban J connectivity index is 1.45. The molecular weight excluding hydrogens is 386 g/mol. The SMILES string of the molecule is O=C(Cc1ccccc1)Nc1nc(C(=O)Nc2cccc3c(O)cccc23)cs1. The second-order valence-corrected chi connectivity index (χ2v) is 7.24. The van der Waals surface area contributed by atoms with Gasteiger partial charge in [0, 0.05) is 21.8 Å². The molecule has 144 valence electrons. The van der Waals surface area contributed by atoms with Crippen molar-refractivity contribution in [3.05, 3.63) is 83.4 Å². The number of aromatic nitrogens is 1. The van der Waals surface area contributed by atoms with E-state index in [4.69, 9.17) is 0 Å². The van der Waals surface area contributed by atoms with Gasteiger partial charge in [0.1, 0.15) is 11.4 Å². The van der Waals surface area contributed by atoms with Crippen LogP contribution < -0.4 is 10.6 Å². The number of benzene rings is 3. The van der Waals surface area contributed by atoms with Gasteiger partial charge in [0.25, 0.3) is 5.91 Å². The van der Waals surface area contributed by atoms with Crippen molar-refractivity contribution in [1.29, 1.82) is 0 Å². The maximum absolute atomic E-state index is 12.6. The molecule has 29 heavy (non-hydrogen) atoms. The van der Waals surface area contributed by atoms with Gasteiger partial charge in [-0.05, 0) is 17.7 Å². The van der Waals surface area contributed by atoms with E-state index < -0.39 is 0 Å². The Hall–Kier alpha value is -3.71. The van der Waals surface area contributed by atoms with Crippen LogP contribution in [-0.2, 0) is 11.2 Å². The van der Waals surface area contributed by atoms with Gasteiger partial charge in [0.15, 0.2) is 5.13 Å². The van der Waals surface area contributed by atoms with Gasteiger partial charge in [-0.15, -0.1) is 11.3 Å². The van der Waals surface area contributed by atoms with Crippen molar-refractivity contribution >= 4 is 44.7 Å². The van der Waals surface area contributed by atoms with Crippen molar-refractivity contribution < 1.29 is 14.7 Å². The van der Waals surface area contributed by atoms with E-state index in [9.17, 15) is 14.7 Å². The molecule has 0 aliphatic carbocycles. The zero-order chi connectivity index (χ0) is 20.2. The lowest BCUT2D eigenvalue weighted by Gasteiger charge is -2.08. The van der Waals surface area contributed by atoms with Gasteiger partial charge < -0.3 is 15.7 Å². The van der Waals surface area contributed by atoms with Crippen molar-refractivity contribution in [3.63, 3.8) is 0 Å². The molecular formula is C22H17N3O3S. The van der Waals surface area contributed by atoms with E-state index >= 15 is 0 Å². The molecule has 6 nitrogen and oxygen atoms in total. The summed E-state index contributed by atoms with van der Waals surface area (Å²) in [5.74, 6) is -0.432. The first-order valence-electron chi connectivity index (χ1n) is 8.91. The number of amides is 2. The predicted molar refractivity (Wildman–Crippen MR) is 114 cm³/mol. The fourth-order valence-corrected chi connectivity index (χ4v) is 3.68. The molecule has 4 rings (SSSR count). The number of nitrogens with zero attached hydrogens (tertiary/aromatic N) is 1. The van der Waals surface area contributed by atoms with E-state index in [2.05, 4.69) is 15.6 Å². The average molecular weight is 403 g/mol. The molecule has 3 aromatic carbocycles. The third-order valence-electron chi connectivity index (χ3n) is 4.34.